The van der Waals surface area contributed by atoms with Crippen LogP contribution in [0.5, 0.6) is 0 Å². The van der Waals surface area contributed by atoms with E-state index in [4.69, 9.17) is 0 Å². The molecule has 1 heterocycles. The van der Waals surface area contributed by atoms with Gasteiger partial charge in [-0.15, -0.1) is 0 Å². The Morgan fingerprint density at radius 3 is 2.21 bits per heavy atom. The highest BCUT2D eigenvalue weighted by atomic mass is 16.2. The van der Waals surface area contributed by atoms with Gasteiger partial charge < -0.3 is 15.1 Å². The Balaban J connectivity index is 1.57. The number of carbonyl (C=O) groups is 2. The molecule has 28 heavy (non-hydrogen) atoms. The molecule has 2 amide bonds. The summed E-state index contributed by atoms with van der Waals surface area (Å²) in [6.45, 7) is 6.18. The molecule has 0 saturated carbocycles. The van der Waals surface area contributed by atoms with Gasteiger partial charge in [0.05, 0.1) is 0 Å². The lowest BCUT2D eigenvalue weighted by Crippen LogP contribution is -2.32. The molecule has 0 bridgehead atoms. The van der Waals surface area contributed by atoms with Crippen LogP contribution < -0.4 is 15.1 Å². The van der Waals surface area contributed by atoms with E-state index in [1.165, 1.54) is 31.0 Å². The van der Waals surface area contributed by atoms with Crippen molar-refractivity contribution in [1.82, 2.24) is 0 Å². The van der Waals surface area contributed by atoms with Gasteiger partial charge in [0.25, 0.3) is 0 Å². The quantitative estimate of drug-likeness (QED) is 0.783. The molecule has 0 unspecified atom stereocenters. The summed E-state index contributed by atoms with van der Waals surface area (Å²) < 4.78 is 0. The van der Waals surface area contributed by atoms with Crippen LogP contribution in [-0.4, -0.2) is 31.4 Å². The normalized spacial score (nSPS) is 13.4. The third kappa shape index (κ3) is 5.12. The summed E-state index contributed by atoms with van der Waals surface area (Å²) in [5.74, 6) is -0.154. The van der Waals surface area contributed by atoms with E-state index in [-0.39, 0.29) is 18.2 Å². The molecule has 0 aliphatic carbocycles. The molecule has 1 fully saturated rings. The van der Waals surface area contributed by atoms with Crippen LogP contribution in [0.1, 0.15) is 38.7 Å². The highest BCUT2D eigenvalue weighted by Gasteiger charge is 2.16. The second kappa shape index (κ2) is 9.40. The number of aryl methyl sites for hydroxylation is 1. The predicted molar refractivity (Wildman–Crippen MR) is 115 cm³/mol. The molecule has 2 aromatic rings. The Hall–Kier alpha value is -2.82. The van der Waals surface area contributed by atoms with Gasteiger partial charge in [0, 0.05) is 50.0 Å². The van der Waals surface area contributed by atoms with Crippen molar-refractivity contribution in [3.05, 3.63) is 54.1 Å². The number of nitrogens with zero attached hydrogens (tertiary/aromatic N) is 2. The summed E-state index contributed by atoms with van der Waals surface area (Å²) in [4.78, 5) is 28.4. The van der Waals surface area contributed by atoms with Gasteiger partial charge in [-0.05, 0) is 61.2 Å². The lowest BCUT2D eigenvalue weighted by atomic mass is 10.1. The zero-order valence-corrected chi connectivity index (χ0v) is 16.8. The van der Waals surface area contributed by atoms with Crippen LogP contribution >= 0.6 is 0 Å². The molecule has 5 nitrogen and oxygen atoms in total. The summed E-state index contributed by atoms with van der Waals surface area (Å²) in [7, 11) is 0. The first-order valence-electron chi connectivity index (χ1n) is 10.1. The number of hydrogen-bond donors (Lipinski definition) is 1. The number of nitrogens with one attached hydrogen (secondary N) is 1. The highest BCUT2D eigenvalue weighted by Crippen LogP contribution is 2.24. The van der Waals surface area contributed by atoms with Crippen LogP contribution in [0.3, 0.4) is 0 Å². The predicted octanol–water partition coefficient (Wildman–Crippen LogP) is 4.23. The van der Waals surface area contributed by atoms with Gasteiger partial charge in [-0.2, -0.15) is 0 Å². The molecule has 0 aromatic heterocycles. The van der Waals surface area contributed by atoms with Crippen LogP contribution in [0.15, 0.2) is 48.5 Å². The standard InChI is InChI=1S/C23H29N3O2/c1-3-19-6-8-20(9-7-19)24-23(28)14-17-26(18(2)27)22-12-10-21(11-13-22)25-15-4-5-16-25/h6-13H,3-5,14-17H2,1-2H3,(H,24,28). The van der Waals surface area contributed by atoms with E-state index in [2.05, 4.69) is 29.3 Å². The van der Waals surface area contributed by atoms with Gasteiger partial charge in [0.2, 0.25) is 11.8 Å². The van der Waals surface area contributed by atoms with E-state index in [1.807, 2.05) is 36.4 Å². The maximum absolute atomic E-state index is 12.3. The van der Waals surface area contributed by atoms with E-state index in [9.17, 15) is 9.59 Å². The van der Waals surface area contributed by atoms with Crippen molar-refractivity contribution >= 4 is 28.9 Å². The van der Waals surface area contributed by atoms with Gasteiger partial charge in [0.1, 0.15) is 0 Å². The Bertz CT molecular complexity index is 794. The monoisotopic (exact) mass is 379 g/mol. The van der Waals surface area contributed by atoms with E-state index >= 15 is 0 Å². The van der Waals surface area contributed by atoms with Crippen molar-refractivity contribution in [3.8, 4) is 0 Å². The van der Waals surface area contributed by atoms with Gasteiger partial charge in [-0.3, -0.25) is 9.59 Å². The third-order valence-electron chi connectivity index (χ3n) is 5.22. The van der Waals surface area contributed by atoms with Crippen molar-refractivity contribution in [2.75, 3.05) is 34.8 Å². The molecule has 148 valence electrons. The minimum atomic E-state index is -0.0933. The van der Waals surface area contributed by atoms with Crippen LogP contribution in [0, 0.1) is 0 Å². The van der Waals surface area contributed by atoms with Crippen molar-refractivity contribution in [2.45, 2.75) is 39.5 Å². The molecule has 1 saturated heterocycles. The number of anilines is 3. The number of amides is 2. The van der Waals surface area contributed by atoms with E-state index in [0.29, 0.717) is 6.54 Å². The molecule has 1 aliphatic rings. The first-order chi connectivity index (χ1) is 13.6. The first-order valence-corrected chi connectivity index (χ1v) is 10.1. The molecular weight excluding hydrogens is 350 g/mol. The molecule has 1 N–H and O–H groups in total. The Morgan fingerprint density at radius 2 is 1.64 bits per heavy atom. The number of carbonyl (C=O) groups excluding carboxylic acids is 2. The lowest BCUT2D eigenvalue weighted by molar-refractivity contribution is -0.117. The Labute approximate surface area is 167 Å². The zero-order valence-electron chi connectivity index (χ0n) is 16.8. The maximum Gasteiger partial charge on any atom is 0.226 e. The van der Waals surface area contributed by atoms with Gasteiger partial charge in [0.15, 0.2) is 0 Å². The minimum absolute atomic E-state index is 0.0611. The fourth-order valence-corrected chi connectivity index (χ4v) is 3.55. The first kappa shape index (κ1) is 19.9. The molecule has 0 atom stereocenters. The fourth-order valence-electron chi connectivity index (χ4n) is 3.55. The third-order valence-corrected chi connectivity index (χ3v) is 5.22. The second-order valence-corrected chi connectivity index (χ2v) is 7.23. The van der Waals surface area contributed by atoms with E-state index < -0.39 is 0 Å². The zero-order chi connectivity index (χ0) is 19.9. The molecule has 0 radical (unpaired) electrons. The fraction of sp³-hybridized carbons (Fsp3) is 0.391. The summed E-state index contributed by atoms with van der Waals surface area (Å²) >= 11 is 0. The SMILES string of the molecule is CCc1ccc(NC(=O)CCN(C(C)=O)c2ccc(N3CCCC3)cc2)cc1. The molecule has 3 rings (SSSR count). The van der Waals surface area contributed by atoms with Crippen LogP contribution in [0.25, 0.3) is 0 Å². The van der Waals surface area contributed by atoms with Crippen molar-refractivity contribution < 1.29 is 9.59 Å². The smallest absolute Gasteiger partial charge is 0.226 e. The maximum atomic E-state index is 12.3. The minimum Gasteiger partial charge on any atom is -0.372 e. The van der Waals surface area contributed by atoms with E-state index in [1.54, 1.807) is 4.90 Å². The van der Waals surface area contributed by atoms with Gasteiger partial charge in [-0.1, -0.05) is 19.1 Å². The van der Waals surface area contributed by atoms with Crippen molar-refractivity contribution in [3.63, 3.8) is 0 Å². The molecule has 0 spiro atoms. The Morgan fingerprint density at radius 1 is 1.00 bits per heavy atom. The molecule has 5 heteroatoms. The largest absolute Gasteiger partial charge is 0.372 e. The summed E-state index contributed by atoms with van der Waals surface area (Å²) in [5, 5.41) is 2.90. The average molecular weight is 380 g/mol. The van der Waals surface area contributed by atoms with Crippen molar-refractivity contribution in [1.29, 1.82) is 0 Å². The van der Waals surface area contributed by atoms with Crippen LogP contribution in [0.2, 0.25) is 0 Å². The van der Waals surface area contributed by atoms with Gasteiger partial charge in [-0.25, -0.2) is 0 Å². The number of benzene rings is 2. The molecule has 1 aliphatic heterocycles. The summed E-state index contributed by atoms with van der Waals surface area (Å²) in [6, 6.07) is 15.9. The van der Waals surface area contributed by atoms with Crippen molar-refractivity contribution in [2.24, 2.45) is 0 Å². The number of rotatable bonds is 7. The van der Waals surface area contributed by atoms with E-state index in [0.717, 1.165) is 30.9 Å². The lowest BCUT2D eigenvalue weighted by Gasteiger charge is -2.23. The second-order valence-electron chi connectivity index (χ2n) is 7.23. The highest BCUT2D eigenvalue weighted by molar-refractivity contribution is 5.94. The summed E-state index contributed by atoms with van der Waals surface area (Å²) in [5.41, 5.74) is 4.04. The number of hydrogen-bond acceptors (Lipinski definition) is 3. The topological polar surface area (TPSA) is 52.7 Å². The molecule has 2 aromatic carbocycles. The Kier molecular flexibility index (Phi) is 6.69. The molecular formula is C23H29N3O2. The van der Waals surface area contributed by atoms with Crippen LogP contribution in [-0.2, 0) is 16.0 Å². The van der Waals surface area contributed by atoms with Crippen LogP contribution in [0.4, 0.5) is 17.1 Å². The summed E-state index contributed by atoms with van der Waals surface area (Å²) in [6.07, 6.45) is 3.69. The average Bonchev–Trinajstić information content (AvgIpc) is 3.24. The van der Waals surface area contributed by atoms with Gasteiger partial charge >= 0.3 is 0 Å².